The molecular weight excluding hydrogens is 236 g/mol. The van der Waals surface area contributed by atoms with E-state index >= 15 is 0 Å². The molecule has 0 amide bonds. The number of benzene rings is 1. The number of rotatable bonds is 6. The number of hydrogen-bond donors (Lipinski definition) is 1. The standard InChI is InChI=1S/C16H22N2O/c1-3-13(4-2)12-16(19)15-10-11-18(17-15)14-8-6-5-7-9-14/h5-11,13,16,19H,3-4,12H2,1-2H3. The Balaban J connectivity index is 2.08. The minimum Gasteiger partial charge on any atom is -0.387 e. The number of para-hydroxylation sites is 1. The van der Waals surface area contributed by atoms with E-state index in [9.17, 15) is 5.11 Å². The third-order valence-corrected chi connectivity index (χ3v) is 3.68. The van der Waals surface area contributed by atoms with E-state index in [1.807, 2.05) is 47.3 Å². The van der Waals surface area contributed by atoms with Gasteiger partial charge in [0.2, 0.25) is 0 Å². The van der Waals surface area contributed by atoms with Gasteiger partial charge in [-0.25, -0.2) is 4.68 Å². The van der Waals surface area contributed by atoms with Crippen molar-refractivity contribution in [3.05, 3.63) is 48.3 Å². The van der Waals surface area contributed by atoms with Crippen LogP contribution in [0.5, 0.6) is 0 Å². The summed E-state index contributed by atoms with van der Waals surface area (Å²) in [5.74, 6) is 0.567. The second-order valence-electron chi connectivity index (χ2n) is 4.95. The topological polar surface area (TPSA) is 38.0 Å². The van der Waals surface area contributed by atoms with E-state index in [2.05, 4.69) is 18.9 Å². The zero-order valence-electron chi connectivity index (χ0n) is 11.7. The lowest BCUT2D eigenvalue weighted by Crippen LogP contribution is -2.07. The van der Waals surface area contributed by atoms with Gasteiger partial charge in [0, 0.05) is 6.20 Å². The van der Waals surface area contributed by atoms with Gasteiger partial charge in [-0.1, -0.05) is 44.9 Å². The summed E-state index contributed by atoms with van der Waals surface area (Å²) in [4.78, 5) is 0. The molecule has 0 aliphatic heterocycles. The summed E-state index contributed by atoms with van der Waals surface area (Å²) >= 11 is 0. The number of hydrogen-bond acceptors (Lipinski definition) is 2. The third kappa shape index (κ3) is 3.44. The van der Waals surface area contributed by atoms with E-state index in [0.717, 1.165) is 30.6 Å². The summed E-state index contributed by atoms with van der Waals surface area (Å²) in [5.41, 5.74) is 1.78. The highest BCUT2D eigenvalue weighted by atomic mass is 16.3. The Morgan fingerprint density at radius 3 is 2.42 bits per heavy atom. The minimum absolute atomic E-state index is 0.463. The van der Waals surface area contributed by atoms with Gasteiger partial charge in [-0.2, -0.15) is 5.10 Å². The average Bonchev–Trinajstić information content (AvgIpc) is 2.95. The Kier molecular flexibility index (Phi) is 4.74. The maximum Gasteiger partial charge on any atom is 0.0981 e. The summed E-state index contributed by atoms with van der Waals surface area (Å²) < 4.78 is 1.81. The van der Waals surface area contributed by atoms with Crippen molar-refractivity contribution in [3.63, 3.8) is 0 Å². The summed E-state index contributed by atoms with van der Waals surface area (Å²) in [7, 11) is 0. The first kappa shape index (κ1) is 13.8. The Morgan fingerprint density at radius 1 is 1.11 bits per heavy atom. The lowest BCUT2D eigenvalue weighted by atomic mass is 9.95. The van der Waals surface area contributed by atoms with Crippen LogP contribution in [0.4, 0.5) is 0 Å². The van der Waals surface area contributed by atoms with E-state index in [0.29, 0.717) is 5.92 Å². The van der Waals surface area contributed by atoms with Gasteiger partial charge in [-0.3, -0.25) is 0 Å². The molecule has 3 nitrogen and oxygen atoms in total. The van der Waals surface area contributed by atoms with E-state index in [4.69, 9.17) is 0 Å². The quantitative estimate of drug-likeness (QED) is 0.857. The lowest BCUT2D eigenvalue weighted by molar-refractivity contribution is 0.136. The Morgan fingerprint density at radius 2 is 1.79 bits per heavy atom. The van der Waals surface area contributed by atoms with Crippen LogP contribution in [-0.4, -0.2) is 14.9 Å². The Labute approximate surface area is 114 Å². The van der Waals surface area contributed by atoms with Crippen molar-refractivity contribution in [3.8, 4) is 5.69 Å². The average molecular weight is 258 g/mol. The first-order valence-corrected chi connectivity index (χ1v) is 7.03. The van der Waals surface area contributed by atoms with E-state index in [-0.39, 0.29) is 0 Å². The maximum absolute atomic E-state index is 10.2. The van der Waals surface area contributed by atoms with Crippen molar-refractivity contribution >= 4 is 0 Å². The van der Waals surface area contributed by atoms with Crippen LogP contribution in [0.1, 0.15) is 44.9 Å². The van der Waals surface area contributed by atoms with Gasteiger partial charge in [0.15, 0.2) is 0 Å². The molecule has 1 heterocycles. The van der Waals surface area contributed by atoms with Crippen LogP contribution in [0, 0.1) is 5.92 Å². The predicted molar refractivity (Wildman–Crippen MR) is 77.2 cm³/mol. The molecule has 3 heteroatoms. The number of aliphatic hydroxyl groups excluding tert-OH is 1. The van der Waals surface area contributed by atoms with Crippen molar-refractivity contribution in [2.75, 3.05) is 0 Å². The van der Waals surface area contributed by atoms with Crippen LogP contribution in [0.25, 0.3) is 5.69 Å². The highest BCUT2D eigenvalue weighted by Crippen LogP contribution is 2.24. The van der Waals surface area contributed by atoms with E-state index in [1.165, 1.54) is 0 Å². The van der Waals surface area contributed by atoms with Gasteiger partial charge < -0.3 is 5.11 Å². The largest absolute Gasteiger partial charge is 0.387 e. The Hall–Kier alpha value is -1.61. The summed E-state index contributed by atoms with van der Waals surface area (Å²) in [5, 5.41) is 14.7. The number of aliphatic hydroxyl groups is 1. The minimum atomic E-state index is -0.463. The molecule has 0 saturated carbocycles. The van der Waals surface area contributed by atoms with Crippen molar-refractivity contribution in [1.82, 2.24) is 9.78 Å². The second kappa shape index (κ2) is 6.53. The van der Waals surface area contributed by atoms with Crippen LogP contribution < -0.4 is 0 Å². The molecule has 0 spiro atoms. The smallest absolute Gasteiger partial charge is 0.0981 e. The maximum atomic E-state index is 10.2. The van der Waals surface area contributed by atoms with Crippen molar-refractivity contribution in [2.24, 2.45) is 5.92 Å². The molecule has 2 rings (SSSR count). The van der Waals surface area contributed by atoms with Crippen LogP contribution in [0.2, 0.25) is 0 Å². The fourth-order valence-corrected chi connectivity index (χ4v) is 2.30. The lowest BCUT2D eigenvalue weighted by Gasteiger charge is -2.15. The molecule has 2 aromatic rings. The molecule has 1 aromatic heterocycles. The molecule has 0 radical (unpaired) electrons. The molecule has 102 valence electrons. The fourth-order valence-electron chi connectivity index (χ4n) is 2.30. The van der Waals surface area contributed by atoms with Gasteiger partial charge in [0.25, 0.3) is 0 Å². The summed E-state index contributed by atoms with van der Waals surface area (Å²) in [6, 6.07) is 11.9. The van der Waals surface area contributed by atoms with Crippen LogP contribution in [-0.2, 0) is 0 Å². The van der Waals surface area contributed by atoms with Gasteiger partial charge >= 0.3 is 0 Å². The summed E-state index contributed by atoms with van der Waals surface area (Å²) in [6.07, 6.45) is 4.44. The van der Waals surface area contributed by atoms with Crippen molar-refractivity contribution < 1.29 is 5.11 Å². The molecular formula is C16H22N2O. The van der Waals surface area contributed by atoms with Gasteiger partial charge in [0.1, 0.15) is 0 Å². The van der Waals surface area contributed by atoms with Gasteiger partial charge in [-0.05, 0) is 30.5 Å². The molecule has 0 aliphatic rings. The van der Waals surface area contributed by atoms with Gasteiger partial charge in [0.05, 0.1) is 17.5 Å². The summed E-state index contributed by atoms with van der Waals surface area (Å²) in [6.45, 7) is 4.34. The number of nitrogens with zero attached hydrogens (tertiary/aromatic N) is 2. The SMILES string of the molecule is CCC(CC)CC(O)c1ccn(-c2ccccc2)n1. The normalized spacial score (nSPS) is 12.8. The highest BCUT2D eigenvalue weighted by molar-refractivity contribution is 5.30. The van der Waals surface area contributed by atoms with Crippen LogP contribution in [0.15, 0.2) is 42.6 Å². The number of aromatic nitrogens is 2. The molecule has 19 heavy (non-hydrogen) atoms. The third-order valence-electron chi connectivity index (χ3n) is 3.68. The molecule has 1 aromatic carbocycles. The molecule has 1 N–H and O–H groups in total. The zero-order valence-corrected chi connectivity index (χ0v) is 11.7. The van der Waals surface area contributed by atoms with Crippen molar-refractivity contribution in [1.29, 1.82) is 0 Å². The monoisotopic (exact) mass is 258 g/mol. The van der Waals surface area contributed by atoms with Crippen LogP contribution in [0.3, 0.4) is 0 Å². The van der Waals surface area contributed by atoms with Crippen LogP contribution >= 0.6 is 0 Å². The van der Waals surface area contributed by atoms with Crippen molar-refractivity contribution in [2.45, 2.75) is 39.2 Å². The molecule has 0 bridgehead atoms. The molecule has 1 atom stereocenters. The molecule has 1 unspecified atom stereocenters. The first-order valence-electron chi connectivity index (χ1n) is 7.03. The molecule has 0 fully saturated rings. The Bertz CT molecular complexity index is 488. The predicted octanol–water partition coefficient (Wildman–Crippen LogP) is 3.73. The first-order chi connectivity index (χ1) is 9.24. The molecule has 0 aliphatic carbocycles. The molecule has 0 saturated heterocycles. The fraction of sp³-hybridized carbons (Fsp3) is 0.438. The van der Waals surface area contributed by atoms with Gasteiger partial charge in [-0.15, -0.1) is 0 Å². The van der Waals surface area contributed by atoms with E-state index < -0.39 is 6.10 Å². The van der Waals surface area contributed by atoms with E-state index in [1.54, 1.807) is 0 Å². The second-order valence-corrected chi connectivity index (χ2v) is 4.95. The zero-order chi connectivity index (χ0) is 13.7. The highest BCUT2D eigenvalue weighted by Gasteiger charge is 2.16.